The number of nitrogens with two attached hydrogens (primary N) is 1. The van der Waals surface area contributed by atoms with Crippen molar-refractivity contribution < 1.29 is 9.60 Å². The van der Waals surface area contributed by atoms with Crippen LogP contribution in [0.1, 0.15) is 37.7 Å². The molecule has 0 aromatic heterocycles. The standard InChI is InChI=1S/C15H21BrFN3O/c1-20(9-10-5-3-2-4-6-10)12-8-7-11(15(18)19-21)13(16)14(12)17/h7-8,10,21H,2-6,9H2,1H3,(H2,18,19). The van der Waals surface area contributed by atoms with Crippen molar-refractivity contribution in [3.05, 3.63) is 28.0 Å². The van der Waals surface area contributed by atoms with Crippen LogP contribution in [0.25, 0.3) is 0 Å². The lowest BCUT2D eigenvalue weighted by atomic mass is 9.89. The summed E-state index contributed by atoms with van der Waals surface area (Å²) < 4.78 is 14.7. The molecular formula is C15H21BrFN3O. The first-order valence-corrected chi connectivity index (χ1v) is 8.01. The van der Waals surface area contributed by atoms with Gasteiger partial charge >= 0.3 is 0 Å². The topological polar surface area (TPSA) is 61.8 Å². The molecule has 0 radical (unpaired) electrons. The highest BCUT2D eigenvalue weighted by Crippen LogP contribution is 2.31. The van der Waals surface area contributed by atoms with Crippen molar-refractivity contribution in [2.24, 2.45) is 16.8 Å². The molecule has 0 bridgehead atoms. The van der Waals surface area contributed by atoms with Gasteiger partial charge in [0.25, 0.3) is 0 Å². The highest BCUT2D eigenvalue weighted by molar-refractivity contribution is 9.10. The highest BCUT2D eigenvalue weighted by Gasteiger charge is 2.20. The normalized spacial score (nSPS) is 17.0. The lowest BCUT2D eigenvalue weighted by molar-refractivity contribution is 0.318. The van der Waals surface area contributed by atoms with E-state index in [0.717, 1.165) is 6.54 Å². The smallest absolute Gasteiger partial charge is 0.171 e. The molecule has 1 saturated carbocycles. The minimum absolute atomic E-state index is 0.109. The van der Waals surface area contributed by atoms with Crippen LogP contribution in [-0.2, 0) is 0 Å². The van der Waals surface area contributed by atoms with Crippen LogP contribution in [0.5, 0.6) is 0 Å². The molecule has 4 nitrogen and oxygen atoms in total. The van der Waals surface area contributed by atoms with Gasteiger partial charge in [-0.25, -0.2) is 4.39 Å². The molecule has 21 heavy (non-hydrogen) atoms. The Bertz CT molecular complexity index is 530. The second-order valence-electron chi connectivity index (χ2n) is 5.63. The van der Waals surface area contributed by atoms with Gasteiger partial charge in [-0.3, -0.25) is 0 Å². The molecule has 0 atom stereocenters. The van der Waals surface area contributed by atoms with E-state index in [2.05, 4.69) is 21.1 Å². The van der Waals surface area contributed by atoms with E-state index in [1.54, 1.807) is 12.1 Å². The summed E-state index contributed by atoms with van der Waals surface area (Å²) in [7, 11) is 1.91. The van der Waals surface area contributed by atoms with Crippen molar-refractivity contribution in [2.75, 3.05) is 18.5 Å². The van der Waals surface area contributed by atoms with Crippen molar-refractivity contribution in [3.63, 3.8) is 0 Å². The van der Waals surface area contributed by atoms with Crippen LogP contribution in [0.15, 0.2) is 21.8 Å². The van der Waals surface area contributed by atoms with Gasteiger partial charge in [0.05, 0.1) is 10.2 Å². The van der Waals surface area contributed by atoms with Crippen LogP contribution in [0, 0.1) is 11.7 Å². The molecule has 3 N–H and O–H groups in total. The molecule has 1 fully saturated rings. The molecule has 6 heteroatoms. The summed E-state index contributed by atoms with van der Waals surface area (Å²) in [5.41, 5.74) is 6.41. The van der Waals surface area contributed by atoms with Crippen molar-refractivity contribution in [1.29, 1.82) is 0 Å². The van der Waals surface area contributed by atoms with E-state index in [-0.39, 0.29) is 16.1 Å². The maximum absolute atomic E-state index is 14.5. The number of amidine groups is 1. The molecule has 116 valence electrons. The summed E-state index contributed by atoms with van der Waals surface area (Å²) in [5.74, 6) is 0.144. The zero-order valence-electron chi connectivity index (χ0n) is 12.1. The van der Waals surface area contributed by atoms with Gasteiger partial charge in [-0.2, -0.15) is 0 Å². The lowest BCUT2D eigenvalue weighted by Gasteiger charge is -2.29. The van der Waals surface area contributed by atoms with E-state index in [4.69, 9.17) is 10.9 Å². The average Bonchev–Trinajstić information content (AvgIpc) is 2.50. The van der Waals surface area contributed by atoms with Gasteiger partial charge in [-0.1, -0.05) is 24.4 Å². The average molecular weight is 358 g/mol. The highest BCUT2D eigenvalue weighted by atomic mass is 79.9. The van der Waals surface area contributed by atoms with Crippen molar-refractivity contribution in [3.8, 4) is 0 Å². The molecule has 0 heterocycles. The Hall–Kier alpha value is -1.30. The summed E-state index contributed by atoms with van der Waals surface area (Å²) in [4.78, 5) is 1.95. The van der Waals surface area contributed by atoms with Crippen LogP contribution in [-0.4, -0.2) is 24.6 Å². The van der Waals surface area contributed by atoms with E-state index < -0.39 is 0 Å². The van der Waals surface area contributed by atoms with E-state index in [0.29, 0.717) is 17.2 Å². The summed E-state index contributed by atoms with van der Waals surface area (Å²) in [5, 5.41) is 11.6. The maximum Gasteiger partial charge on any atom is 0.171 e. The molecule has 0 unspecified atom stereocenters. The van der Waals surface area contributed by atoms with Gasteiger partial charge < -0.3 is 15.8 Å². The second kappa shape index (κ2) is 7.11. The largest absolute Gasteiger partial charge is 0.409 e. The van der Waals surface area contributed by atoms with Crippen LogP contribution in [0.2, 0.25) is 0 Å². The minimum Gasteiger partial charge on any atom is -0.409 e. The first kappa shape index (κ1) is 16.1. The Morgan fingerprint density at radius 1 is 1.43 bits per heavy atom. The van der Waals surface area contributed by atoms with Crippen molar-refractivity contribution in [1.82, 2.24) is 0 Å². The molecule has 0 aliphatic heterocycles. The number of hydrogen-bond acceptors (Lipinski definition) is 3. The minimum atomic E-state index is -0.377. The number of oxime groups is 1. The van der Waals surface area contributed by atoms with Gasteiger partial charge in [-0.15, -0.1) is 0 Å². The molecule has 1 aliphatic rings. The Morgan fingerprint density at radius 2 is 2.10 bits per heavy atom. The number of nitrogens with zero attached hydrogens (tertiary/aromatic N) is 2. The predicted octanol–water partition coefficient (Wildman–Crippen LogP) is 3.70. The molecule has 0 amide bonds. The fraction of sp³-hybridized carbons (Fsp3) is 0.533. The number of benzene rings is 1. The lowest BCUT2D eigenvalue weighted by Crippen LogP contribution is -2.28. The molecule has 1 aromatic rings. The monoisotopic (exact) mass is 357 g/mol. The van der Waals surface area contributed by atoms with Gasteiger partial charge in [-0.05, 0) is 46.8 Å². The van der Waals surface area contributed by atoms with E-state index in [1.165, 1.54) is 32.1 Å². The fourth-order valence-electron chi connectivity index (χ4n) is 2.94. The number of anilines is 1. The first-order chi connectivity index (χ1) is 10.0. The van der Waals surface area contributed by atoms with Crippen molar-refractivity contribution in [2.45, 2.75) is 32.1 Å². The van der Waals surface area contributed by atoms with Gasteiger partial charge in [0.1, 0.15) is 0 Å². The maximum atomic E-state index is 14.5. The van der Waals surface area contributed by atoms with Gasteiger partial charge in [0.2, 0.25) is 0 Å². The van der Waals surface area contributed by atoms with Crippen LogP contribution in [0.4, 0.5) is 10.1 Å². The Kier molecular flexibility index (Phi) is 5.45. The molecule has 1 aliphatic carbocycles. The quantitative estimate of drug-likeness (QED) is 0.373. The summed E-state index contributed by atoms with van der Waals surface area (Å²) >= 11 is 3.19. The Balaban J connectivity index is 2.17. The van der Waals surface area contributed by atoms with Crippen LogP contribution >= 0.6 is 15.9 Å². The van der Waals surface area contributed by atoms with Crippen molar-refractivity contribution >= 4 is 27.5 Å². The molecule has 2 rings (SSSR count). The summed E-state index contributed by atoms with van der Waals surface area (Å²) in [6.45, 7) is 0.853. The van der Waals surface area contributed by atoms with E-state index in [9.17, 15) is 4.39 Å². The third-order valence-electron chi connectivity index (χ3n) is 4.11. The first-order valence-electron chi connectivity index (χ1n) is 7.21. The molecule has 1 aromatic carbocycles. The molecular weight excluding hydrogens is 337 g/mol. The SMILES string of the molecule is CN(CC1CCCCC1)c1ccc(/C(N)=N/O)c(Br)c1F. The van der Waals surface area contributed by atoms with Crippen LogP contribution < -0.4 is 10.6 Å². The van der Waals surface area contributed by atoms with Crippen LogP contribution in [0.3, 0.4) is 0 Å². The van der Waals surface area contributed by atoms with Gasteiger partial charge in [0.15, 0.2) is 11.7 Å². The second-order valence-corrected chi connectivity index (χ2v) is 6.42. The number of rotatable bonds is 4. The molecule has 0 spiro atoms. The number of halogens is 2. The van der Waals surface area contributed by atoms with E-state index in [1.807, 2.05) is 11.9 Å². The predicted molar refractivity (Wildman–Crippen MR) is 86.5 cm³/mol. The van der Waals surface area contributed by atoms with E-state index >= 15 is 0 Å². The summed E-state index contributed by atoms with van der Waals surface area (Å²) in [6.07, 6.45) is 6.29. The summed E-state index contributed by atoms with van der Waals surface area (Å²) in [6, 6.07) is 3.34. The Labute approximate surface area is 132 Å². The number of hydrogen-bond donors (Lipinski definition) is 2. The zero-order chi connectivity index (χ0) is 15.4. The van der Waals surface area contributed by atoms with Gasteiger partial charge in [0, 0.05) is 19.2 Å². The third-order valence-corrected chi connectivity index (χ3v) is 4.89. The Morgan fingerprint density at radius 3 is 2.71 bits per heavy atom. The third kappa shape index (κ3) is 3.67. The fourth-order valence-corrected chi connectivity index (χ4v) is 3.48. The zero-order valence-corrected chi connectivity index (χ0v) is 13.7. The molecule has 0 saturated heterocycles.